The fourth-order valence-electron chi connectivity index (χ4n) is 1.24. The molecule has 2 aromatic rings. The first-order chi connectivity index (χ1) is 8.20. The van der Waals surface area contributed by atoms with Crippen molar-refractivity contribution in [2.45, 2.75) is 13.5 Å². The molecule has 2 N–H and O–H groups in total. The SMILES string of the molecule is CNc1ncnc(NCc2nc(C)no2)c1Br. The Kier molecular flexibility index (Phi) is 3.52. The Bertz CT molecular complexity index is 514. The van der Waals surface area contributed by atoms with E-state index in [-0.39, 0.29) is 0 Å². The highest BCUT2D eigenvalue weighted by atomic mass is 79.9. The second-order valence-electron chi connectivity index (χ2n) is 3.22. The van der Waals surface area contributed by atoms with Crippen LogP contribution in [0.2, 0.25) is 0 Å². The molecule has 0 amide bonds. The Morgan fingerprint density at radius 3 is 2.76 bits per heavy atom. The smallest absolute Gasteiger partial charge is 0.245 e. The predicted molar refractivity (Wildman–Crippen MR) is 65.6 cm³/mol. The second kappa shape index (κ2) is 5.09. The van der Waals surface area contributed by atoms with Crippen LogP contribution in [0, 0.1) is 6.92 Å². The number of anilines is 2. The standard InChI is InChI=1S/C9H11BrN6O/c1-5-15-6(17-16-5)3-12-9-7(10)8(11-2)13-4-14-9/h4H,3H2,1-2H3,(H2,11,12,13,14). The van der Waals surface area contributed by atoms with Crippen LogP contribution in [0.1, 0.15) is 11.7 Å². The van der Waals surface area contributed by atoms with Gasteiger partial charge in [-0.1, -0.05) is 5.16 Å². The molecule has 17 heavy (non-hydrogen) atoms. The summed E-state index contributed by atoms with van der Waals surface area (Å²) in [4.78, 5) is 12.2. The quantitative estimate of drug-likeness (QED) is 0.886. The van der Waals surface area contributed by atoms with Crippen molar-refractivity contribution < 1.29 is 4.52 Å². The third-order valence-corrected chi connectivity index (χ3v) is 2.75. The monoisotopic (exact) mass is 298 g/mol. The van der Waals surface area contributed by atoms with Gasteiger partial charge in [0.25, 0.3) is 0 Å². The lowest BCUT2D eigenvalue weighted by Gasteiger charge is -2.07. The molecule has 0 spiro atoms. The van der Waals surface area contributed by atoms with Crippen molar-refractivity contribution in [2.75, 3.05) is 17.7 Å². The maximum Gasteiger partial charge on any atom is 0.245 e. The van der Waals surface area contributed by atoms with Crippen molar-refractivity contribution in [3.05, 3.63) is 22.5 Å². The van der Waals surface area contributed by atoms with Crippen LogP contribution >= 0.6 is 15.9 Å². The van der Waals surface area contributed by atoms with Gasteiger partial charge in [-0.15, -0.1) is 0 Å². The fourth-order valence-corrected chi connectivity index (χ4v) is 1.78. The van der Waals surface area contributed by atoms with Gasteiger partial charge in [-0.05, 0) is 22.9 Å². The van der Waals surface area contributed by atoms with E-state index < -0.39 is 0 Å². The molecule has 0 fully saturated rings. The summed E-state index contributed by atoms with van der Waals surface area (Å²) in [5, 5.41) is 9.73. The van der Waals surface area contributed by atoms with Gasteiger partial charge in [-0.2, -0.15) is 4.98 Å². The van der Waals surface area contributed by atoms with E-state index in [0.717, 1.165) is 4.47 Å². The number of hydrogen-bond donors (Lipinski definition) is 2. The number of halogens is 1. The van der Waals surface area contributed by atoms with Crippen molar-refractivity contribution in [1.29, 1.82) is 0 Å². The molecule has 2 heterocycles. The Morgan fingerprint density at radius 1 is 1.35 bits per heavy atom. The first-order valence-electron chi connectivity index (χ1n) is 4.92. The van der Waals surface area contributed by atoms with E-state index in [2.05, 4.69) is 46.7 Å². The van der Waals surface area contributed by atoms with E-state index in [1.165, 1.54) is 6.33 Å². The minimum atomic E-state index is 0.416. The Labute approximate surface area is 106 Å². The minimum absolute atomic E-state index is 0.416. The highest BCUT2D eigenvalue weighted by Gasteiger charge is 2.08. The van der Waals surface area contributed by atoms with E-state index in [4.69, 9.17) is 4.52 Å². The topological polar surface area (TPSA) is 88.8 Å². The van der Waals surface area contributed by atoms with Crippen LogP contribution < -0.4 is 10.6 Å². The van der Waals surface area contributed by atoms with Crippen molar-refractivity contribution in [3.8, 4) is 0 Å². The summed E-state index contributed by atoms with van der Waals surface area (Å²) in [7, 11) is 1.79. The molecular weight excluding hydrogens is 288 g/mol. The molecule has 2 rings (SSSR count). The molecule has 0 aromatic carbocycles. The predicted octanol–water partition coefficient (Wildman–Crippen LogP) is 1.58. The summed E-state index contributed by atoms with van der Waals surface area (Å²) in [6.45, 7) is 2.19. The maximum absolute atomic E-state index is 4.98. The highest BCUT2D eigenvalue weighted by molar-refractivity contribution is 9.10. The molecule has 2 aromatic heterocycles. The Hall–Kier alpha value is -1.70. The van der Waals surface area contributed by atoms with Crippen molar-refractivity contribution >= 4 is 27.6 Å². The van der Waals surface area contributed by atoms with Crippen molar-refractivity contribution in [1.82, 2.24) is 20.1 Å². The number of rotatable bonds is 4. The summed E-state index contributed by atoms with van der Waals surface area (Å²) >= 11 is 3.40. The van der Waals surface area contributed by atoms with Gasteiger partial charge in [0, 0.05) is 7.05 Å². The first-order valence-corrected chi connectivity index (χ1v) is 5.71. The number of hydrogen-bond acceptors (Lipinski definition) is 7. The van der Waals surface area contributed by atoms with Gasteiger partial charge in [0.15, 0.2) is 5.82 Å². The zero-order valence-electron chi connectivity index (χ0n) is 9.36. The third kappa shape index (κ3) is 2.70. The highest BCUT2D eigenvalue weighted by Crippen LogP contribution is 2.26. The van der Waals surface area contributed by atoms with E-state index in [9.17, 15) is 0 Å². The lowest BCUT2D eigenvalue weighted by molar-refractivity contribution is 0.379. The van der Waals surface area contributed by atoms with Gasteiger partial charge in [-0.25, -0.2) is 9.97 Å². The lowest BCUT2D eigenvalue weighted by atomic mass is 10.5. The molecule has 0 bridgehead atoms. The van der Waals surface area contributed by atoms with E-state index in [1.807, 2.05) is 0 Å². The van der Waals surface area contributed by atoms with Gasteiger partial charge < -0.3 is 15.2 Å². The maximum atomic E-state index is 4.98. The van der Waals surface area contributed by atoms with Gasteiger partial charge in [0.05, 0.1) is 6.54 Å². The Balaban J connectivity index is 2.09. The molecule has 8 heteroatoms. The van der Waals surface area contributed by atoms with Gasteiger partial charge in [0.2, 0.25) is 5.89 Å². The molecule has 0 atom stereocenters. The fraction of sp³-hybridized carbons (Fsp3) is 0.333. The molecular formula is C9H11BrN6O. The van der Waals surface area contributed by atoms with E-state index in [1.54, 1.807) is 14.0 Å². The van der Waals surface area contributed by atoms with Crippen LogP contribution in [0.3, 0.4) is 0 Å². The zero-order valence-corrected chi connectivity index (χ0v) is 10.9. The largest absolute Gasteiger partial charge is 0.372 e. The molecule has 0 aliphatic carbocycles. The molecule has 0 aliphatic heterocycles. The van der Waals surface area contributed by atoms with Gasteiger partial charge in [-0.3, -0.25) is 0 Å². The van der Waals surface area contributed by atoms with E-state index >= 15 is 0 Å². The average molecular weight is 299 g/mol. The van der Waals surface area contributed by atoms with Crippen LogP contribution in [0.15, 0.2) is 15.3 Å². The van der Waals surface area contributed by atoms with Crippen LogP contribution in [0.4, 0.5) is 11.6 Å². The van der Waals surface area contributed by atoms with Crippen LogP contribution in [-0.4, -0.2) is 27.2 Å². The second-order valence-corrected chi connectivity index (χ2v) is 4.02. The van der Waals surface area contributed by atoms with Gasteiger partial charge >= 0.3 is 0 Å². The third-order valence-electron chi connectivity index (χ3n) is 2.00. The zero-order chi connectivity index (χ0) is 12.3. The molecule has 0 radical (unpaired) electrons. The summed E-state index contributed by atoms with van der Waals surface area (Å²) < 4.78 is 5.75. The lowest BCUT2D eigenvalue weighted by Crippen LogP contribution is -2.05. The number of aromatic nitrogens is 4. The summed E-state index contributed by atoms with van der Waals surface area (Å²) in [5.41, 5.74) is 0. The molecule has 0 unspecified atom stereocenters. The van der Waals surface area contributed by atoms with Crippen molar-refractivity contribution in [3.63, 3.8) is 0 Å². The first kappa shape index (κ1) is 11.8. The Morgan fingerprint density at radius 2 is 2.12 bits per heavy atom. The van der Waals surface area contributed by atoms with Crippen LogP contribution in [0.5, 0.6) is 0 Å². The van der Waals surface area contributed by atoms with E-state index in [0.29, 0.717) is 29.9 Å². The number of nitrogens with one attached hydrogen (secondary N) is 2. The molecule has 90 valence electrons. The summed E-state index contributed by atoms with van der Waals surface area (Å²) in [6, 6.07) is 0. The minimum Gasteiger partial charge on any atom is -0.372 e. The molecule has 0 aliphatic rings. The summed E-state index contributed by atoms with van der Waals surface area (Å²) in [5.74, 6) is 2.50. The van der Waals surface area contributed by atoms with Crippen LogP contribution in [0.25, 0.3) is 0 Å². The molecule has 0 saturated carbocycles. The molecule has 0 saturated heterocycles. The van der Waals surface area contributed by atoms with Crippen LogP contribution in [-0.2, 0) is 6.54 Å². The number of nitrogens with zero attached hydrogens (tertiary/aromatic N) is 4. The van der Waals surface area contributed by atoms with Gasteiger partial charge in [0.1, 0.15) is 22.4 Å². The summed E-state index contributed by atoms with van der Waals surface area (Å²) in [6.07, 6.45) is 1.47. The van der Waals surface area contributed by atoms with Crippen molar-refractivity contribution in [2.24, 2.45) is 0 Å². The molecule has 7 nitrogen and oxygen atoms in total. The normalized spacial score (nSPS) is 10.3. The number of aryl methyl sites for hydroxylation is 1. The average Bonchev–Trinajstić information content (AvgIpc) is 2.74.